The number of fused-ring (bicyclic) bond motifs is 1. The first kappa shape index (κ1) is 23.3. The summed E-state index contributed by atoms with van der Waals surface area (Å²) in [7, 11) is 1.61. The van der Waals surface area contributed by atoms with E-state index in [0.717, 1.165) is 21.4 Å². The molecule has 0 bridgehead atoms. The van der Waals surface area contributed by atoms with Crippen LogP contribution in [-0.2, 0) is 0 Å². The van der Waals surface area contributed by atoms with E-state index >= 15 is 0 Å². The Morgan fingerprint density at radius 1 is 0.943 bits per heavy atom. The Morgan fingerprint density at radius 2 is 1.71 bits per heavy atom. The molecule has 0 aliphatic rings. The minimum absolute atomic E-state index is 0.276. The van der Waals surface area contributed by atoms with Gasteiger partial charge in [-0.3, -0.25) is 10.1 Å². The second-order valence-electron chi connectivity index (χ2n) is 7.77. The number of halogens is 2. The number of para-hydroxylation sites is 2. The van der Waals surface area contributed by atoms with E-state index in [-0.39, 0.29) is 5.91 Å². The molecule has 0 saturated heterocycles. The lowest BCUT2D eigenvalue weighted by Gasteiger charge is -2.12. The van der Waals surface area contributed by atoms with Crippen LogP contribution in [0.15, 0.2) is 72.8 Å². The van der Waals surface area contributed by atoms with E-state index < -0.39 is 0 Å². The molecule has 0 aliphatic heterocycles. The van der Waals surface area contributed by atoms with Crippen LogP contribution in [0.1, 0.15) is 15.2 Å². The molecule has 8 heteroatoms. The number of pyridine rings is 1. The number of methoxy groups -OCH3 is 1. The van der Waals surface area contributed by atoms with Gasteiger partial charge in [-0.1, -0.05) is 53.5 Å². The number of nitrogens with one attached hydrogen (secondary N) is 1. The highest BCUT2D eigenvalue weighted by Crippen LogP contribution is 2.36. The quantitative estimate of drug-likeness (QED) is 0.256. The molecule has 0 aliphatic carbocycles. The van der Waals surface area contributed by atoms with Crippen molar-refractivity contribution >= 4 is 56.5 Å². The number of carbonyl (C=O) groups excluding carboxylic acids is 1. The van der Waals surface area contributed by atoms with Crippen molar-refractivity contribution < 1.29 is 9.53 Å². The van der Waals surface area contributed by atoms with Gasteiger partial charge in [0.05, 0.1) is 34.6 Å². The van der Waals surface area contributed by atoms with Crippen molar-refractivity contribution in [2.75, 3.05) is 12.4 Å². The van der Waals surface area contributed by atoms with Crippen LogP contribution in [0.5, 0.6) is 5.75 Å². The highest BCUT2D eigenvalue weighted by atomic mass is 35.5. The molecular weight excluding hydrogens is 501 g/mol. The third kappa shape index (κ3) is 4.60. The topological polar surface area (TPSA) is 64.1 Å². The van der Waals surface area contributed by atoms with Crippen LogP contribution in [0.4, 0.5) is 5.13 Å². The fraction of sp³-hybridized carbons (Fsp3) is 0.0741. The van der Waals surface area contributed by atoms with Gasteiger partial charge in [0, 0.05) is 26.4 Å². The number of aromatic nitrogens is 2. The van der Waals surface area contributed by atoms with Crippen LogP contribution in [0.3, 0.4) is 0 Å². The molecule has 0 fully saturated rings. The minimum atomic E-state index is -0.276. The Hall–Kier alpha value is -3.45. The lowest BCUT2D eigenvalue weighted by atomic mass is 10.0. The standard InChI is InChI=1S/C27H19Cl2N3O2S/c1-15-25(18-12-11-16(28)13-21(18)29)31-27(35-15)32-26(33)20-14-23(19-8-4-6-10-24(19)34-2)30-22-9-5-3-7-17(20)22/h3-14H,1-2H3,(H,31,32,33). The average molecular weight is 520 g/mol. The zero-order valence-corrected chi connectivity index (χ0v) is 21.1. The van der Waals surface area contributed by atoms with Crippen LogP contribution in [0.2, 0.25) is 10.0 Å². The number of thiazole rings is 1. The summed E-state index contributed by atoms with van der Waals surface area (Å²) < 4.78 is 5.51. The zero-order valence-electron chi connectivity index (χ0n) is 18.8. The molecule has 174 valence electrons. The van der Waals surface area contributed by atoms with Crippen molar-refractivity contribution in [2.24, 2.45) is 0 Å². The summed E-state index contributed by atoms with van der Waals surface area (Å²) >= 11 is 13.8. The summed E-state index contributed by atoms with van der Waals surface area (Å²) in [5, 5.41) is 5.24. The average Bonchev–Trinajstić information content (AvgIpc) is 3.22. The summed E-state index contributed by atoms with van der Waals surface area (Å²) in [6.07, 6.45) is 0. The van der Waals surface area contributed by atoms with Crippen LogP contribution in [-0.4, -0.2) is 23.0 Å². The molecule has 2 aromatic heterocycles. The van der Waals surface area contributed by atoms with Crippen molar-refractivity contribution in [3.63, 3.8) is 0 Å². The molecule has 1 N–H and O–H groups in total. The van der Waals surface area contributed by atoms with Gasteiger partial charge in [-0.05, 0) is 49.4 Å². The predicted molar refractivity (Wildman–Crippen MR) is 144 cm³/mol. The third-order valence-corrected chi connectivity index (χ3v) is 6.98. The molecule has 0 unspecified atom stereocenters. The van der Waals surface area contributed by atoms with E-state index in [0.29, 0.717) is 43.4 Å². The highest BCUT2D eigenvalue weighted by molar-refractivity contribution is 7.16. The third-order valence-electron chi connectivity index (χ3n) is 5.55. The highest BCUT2D eigenvalue weighted by Gasteiger charge is 2.19. The summed E-state index contributed by atoms with van der Waals surface area (Å²) in [6.45, 7) is 1.94. The number of anilines is 1. The number of rotatable bonds is 5. The van der Waals surface area contributed by atoms with E-state index in [9.17, 15) is 4.79 Å². The first-order valence-electron chi connectivity index (χ1n) is 10.7. The lowest BCUT2D eigenvalue weighted by molar-refractivity contribution is 0.102. The Morgan fingerprint density at radius 3 is 2.51 bits per heavy atom. The van der Waals surface area contributed by atoms with Gasteiger partial charge in [0.2, 0.25) is 0 Å². The SMILES string of the molecule is COc1ccccc1-c1cc(C(=O)Nc2nc(-c3ccc(Cl)cc3Cl)c(C)s2)c2ccccc2n1. The first-order valence-corrected chi connectivity index (χ1v) is 12.3. The molecule has 1 amide bonds. The number of nitrogens with zero attached hydrogens (tertiary/aromatic N) is 2. The van der Waals surface area contributed by atoms with Crippen LogP contribution in [0.25, 0.3) is 33.4 Å². The van der Waals surface area contributed by atoms with E-state index in [4.69, 9.17) is 32.9 Å². The molecule has 2 heterocycles. The van der Waals surface area contributed by atoms with Gasteiger partial charge in [0.1, 0.15) is 5.75 Å². The number of amides is 1. The molecule has 0 atom stereocenters. The van der Waals surface area contributed by atoms with Gasteiger partial charge >= 0.3 is 0 Å². The number of carbonyl (C=O) groups is 1. The molecule has 5 rings (SSSR count). The second kappa shape index (κ2) is 9.66. The van der Waals surface area contributed by atoms with Crippen LogP contribution in [0, 0.1) is 6.92 Å². The van der Waals surface area contributed by atoms with E-state index in [1.54, 1.807) is 25.3 Å². The van der Waals surface area contributed by atoms with Gasteiger partial charge in [-0.15, -0.1) is 11.3 Å². The maximum absolute atomic E-state index is 13.5. The minimum Gasteiger partial charge on any atom is -0.496 e. The van der Waals surface area contributed by atoms with Gasteiger partial charge in [-0.25, -0.2) is 9.97 Å². The van der Waals surface area contributed by atoms with E-state index in [1.165, 1.54) is 11.3 Å². The second-order valence-corrected chi connectivity index (χ2v) is 9.82. The summed E-state index contributed by atoms with van der Waals surface area (Å²) in [4.78, 5) is 23.8. The molecule has 3 aromatic carbocycles. The van der Waals surface area contributed by atoms with Gasteiger partial charge in [0.15, 0.2) is 5.13 Å². The Kier molecular flexibility index (Phi) is 6.43. The van der Waals surface area contributed by atoms with Crippen molar-refractivity contribution in [1.29, 1.82) is 0 Å². The van der Waals surface area contributed by atoms with Gasteiger partial charge in [-0.2, -0.15) is 0 Å². The van der Waals surface area contributed by atoms with E-state index in [1.807, 2.05) is 61.5 Å². The summed E-state index contributed by atoms with van der Waals surface area (Å²) in [6, 6.07) is 22.2. The summed E-state index contributed by atoms with van der Waals surface area (Å²) in [5.74, 6) is 0.406. The maximum Gasteiger partial charge on any atom is 0.258 e. The van der Waals surface area contributed by atoms with Gasteiger partial charge in [0.25, 0.3) is 5.91 Å². The predicted octanol–water partition coefficient (Wildman–Crippen LogP) is 7.90. The molecule has 35 heavy (non-hydrogen) atoms. The lowest BCUT2D eigenvalue weighted by Crippen LogP contribution is -2.13. The number of ether oxygens (including phenoxy) is 1. The fourth-order valence-corrected chi connectivity index (χ4v) is 5.22. The van der Waals surface area contributed by atoms with Crippen LogP contribution < -0.4 is 10.1 Å². The molecule has 0 spiro atoms. The Bertz CT molecular complexity index is 1580. The molecule has 5 aromatic rings. The molecule has 0 saturated carbocycles. The number of hydrogen-bond donors (Lipinski definition) is 1. The van der Waals surface area contributed by atoms with Crippen molar-refractivity contribution in [2.45, 2.75) is 6.92 Å². The van der Waals surface area contributed by atoms with Crippen molar-refractivity contribution in [3.8, 4) is 28.3 Å². The Balaban J connectivity index is 1.54. The smallest absolute Gasteiger partial charge is 0.258 e. The molecular formula is C27H19Cl2N3O2S. The number of benzene rings is 3. The number of aryl methyl sites for hydroxylation is 1. The summed E-state index contributed by atoms with van der Waals surface area (Å²) in [5.41, 5.74) is 4.13. The first-order chi connectivity index (χ1) is 16.9. The molecule has 0 radical (unpaired) electrons. The van der Waals surface area contributed by atoms with Crippen LogP contribution >= 0.6 is 34.5 Å². The monoisotopic (exact) mass is 519 g/mol. The fourth-order valence-electron chi connectivity index (χ4n) is 3.90. The van der Waals surface area contributed by atoms with Crippen molar-refractivity contribution in [1.82, 2.24) is 9.97 Å². The largest absolute Gasteiger partial charge is 0.496 e. The maximum atomic E-state index is 13.5. The Labute approximate surface area is 216 Å². The number of hydrogen-bond acceptors (Lipinski definition) is 5. The zero-order chi connectivity index (χ0) is 24.5. The molecule has 5 nitrogen and oxygen atoms in total. The normalized spacial score (nSPS) is 11.0. The van der Waals surface area contributed by atoms with Gasteiger partial charge < -0.3 is 4.74 Å². The van der Waals surface area contributed by atoms with E-state index in [2.05, 4.69) is 10.3 Å². The van der Waals surface area contributed by atoms with Crippen molar-refractivity contribution in [3.05, 3.63) is 93.3 Å².